The van der Waals surface area contributed by atoms with Crippen LogP contribution in [0.3, 0.4) is 0 Å². The van der Waals surface area contributed by atoms with Crippen LogP contribution in [0.2, 0.25) is 0 Å². The lowest BCUT2D eigenvalue weighted by molar-refractivity contribution is 0.340. The van der Waals surface area contributed by atoms with Gasteiger partial charge in [0.25, 0.3) is 21.4 Å². The van der Waals surface area contributed by atoms with E-state index in [1.165, 1.54) is 14.9 Å². The number of ether oxygens (including phenoxy) is 1. The maximum atomic E-state index is 13.6. The van der Waals surface area contributed by atoms with Crippen molar-refractivity contribution in [1.82, 2.24) is 19.6 Å². The Morgan fingerprint density at radius 1 is 1.03 bits per heavy atom. The fourth-order valence-corrected chi connectivity index (χ4v) is 4.70. The van der Waals surface area contributed by atoms with Crippen molar-refractivity contribution in [3.8, 4) is 5.75 Å². The summed E-state index contributed by atoms with van der Waals surface area (Å²) in [6, 6.07) is 14.8. The van der Waals surface area contributed by atoms with Crippen molar-refractivity contribution in [2.45, 2.75) is 32.2 Å². The van der Waals surface area contributed by atoms with Crippen molar-refractivity contribution in [3.63, 3.8) is 0 Å². The average molecular weight is 454 g/mol. The molecule has 1 N–H and O–H groups in total. The van der Waals surface area contributed by atoms with Gasteiger partial charge in [-0.15, -0.1) is 0 Å². The molecule has 9 nitrogen and oxygen atoms in total. The smallest absolute Gasteiger partial charge is 0.274 e. The van der Waals surface area contributed by atoms with Crippen LogP contribution in [0.5, 0.6) is 5.75 Å². The van der Waals surface area contributed by atoms with Gasteiger partial charge in [0.15, 0.2) is 0 Å². The first kappa shape index (κ1) is 21.6. The summed E-state index contributed by atoms with van der Waals surface area (Å²) in [6.45, 7) is 5.85. The zero-order chi connectivity index (χ0) is 22.9. The molecule has 0 bridgehead atoms. The summed E-state index contributed by atoms with van der Waals surface area (Å²) in [5, 5.41) is 2.86. The molecule has 0 aliphatic heterocycles. The van der Waals surface area contributed by atoms with E-state index in [1.807, 2.05) is 13.8 Å². The van der Waals surface area contributed by atoms with Crippen LogP contribution >= 0.6 is 0 Å². The van der Waals surface area contributed by atoms with Crippen LogP contribution in [-0.4, -0.2) is 34.6 Å². The van der Waals surface area contributed by atoms with Gasteiger partial charge in [0.1, 0.15) is 11.6 Å². The van der Waals surface area contributed by atoms with Crippen LogP contribution in [0, 0.1) is 13.8 Å². The van der Waals surface area contributed by atoms with Gasteiger partial charge in [0, 0.05) is 11.8 Å². The Labute approximate surface area is 185 Å². The predicted octanol–water partition coefficient (Wildman–Crippen LogP) is 2.83. The number of hydrogen-bond acceptors (Lipinski definition) is 6. The molecule has 0 amide bonds. The van der Waals surface area contributed by atoms with Gasteiger partial charge in [0.2, 0.25) is 0 Å². The summed E-state index contributed by atoms with van der Waals surface area (Å²) in [4.78, 5) is 20.9. The van der Waals surface area contributed by atoms with Crippen LogP contribution in [0.1, 0.15) is 24.0 Å². The lowest BCUT2D eigenvalue weighted by Gasteiger charge is -2.24. The highest BCUT2D eigenvalue weighted by molar-refractivity contribution is 7.92. The van der Waals surface area contributed by atoms with E-state index >= 15 is 0 Å². The van der Waals surface area contributed by atoms with E-state index in [1.54, 1.807) is 55.5 Å². The minimum Gasteiger partial charge on any atom is -0.494 e. The molecule has 0 fully saturated rings. The highest BCUT2D eigenvalue weighted by Gasteiger charge is 2.26. The topological polar surface area (TPSA) is 110 Å². The number of aromatic amines is 1. The summed E-state index contributed by atoms with van der Waals surface area (Å²) < 4.78 is 35.0. The first-order chi connectivity index (χ1) is 15.3. The number of aromatic nitrogens is 4. The molecule has 0 aliphatic carbocycles. The summed E-state index contributed by atoms with van der Waals surface area (Å²) in [5.41, 5.74) is 1.60. The highest BCUT2D eigenvalue weighted by Crippen LogP contribution is 2.27. The third-order valence-corrected chi connectivity index (χ3v) is 6.63. The van der Waals surface area contributed by atoms with Gasteiger partial charge in [-0.05, 0) is 57.2 Å². The second-order valence-corrected chi connectivity index (χ2v) is 9.16. The molecule has 10 heteroatoms. The predicted molar refractivity (Wildman–Crippen MR) is 121 cm³/mol. The van der Waals surface area contributed by atoms with E-state index < -0.39 is 10.0 Å². The van der Waals surface area contributed by atoms with E-state index in [-0.39, 0.29) is 28.6 Å². The Hall–Kier alpha value is -3.66. The zero-order valence-corrected chi connectivity index (χ0v) is 18.8. The molecule has 166 valence electrons. The maximum absolute atomic E-state index is 13.6. The van der Waals surface area contributed by atoms with Crippen molar-refractivity contribution in [1.29, 1.82) is 0 Å². The van der Waals surface area contributed by atoms with Gasteiger partial charge < -0.3 is 4.74 Å². The Kier molecular flexibility index (Phi) is 5.70. The number of rotatable bonds is 7. The first-order valence-electron chi connectivity index (χ1n) is 10.1. The number of nitrogens with zero attached hydrogens (tertiary/aromatic N) is 4. The lowest BCUT2D eigenvalue weighted by atomic mass is 10.2. The molecule has 0 saturated carbocycles. The van der Waals surface area contributed by atoms with Crippen LogP contribution < -0.4 is 14.6 Å². The Morgan fingerprint density at radius 3 is 2.38 bits per heavy atom. The van der Waals surface area contributed by atoms with Crippen LogP contribution in [0.15, 0.2) is 64.3 Å². The zero-order valence-electron chi connectivity index (χ0n) is 17.9. The van der Waals surface area contributed by atoms with Crippen LogP contribution in [0.25, 0.3) is 5.78 Å². The number of nitrogens with one attached hydrogen (secondary N) is 1. The molecule has 0 saturated heterocycles. The van der Waals surface area contributed by atoms with Crippen molar-refractivity contribution in [3.05, 3.63) is 82.0 Å². The van der Waals surface area contributed by atoms with Gasteiger partial charge in [0.05, 0.1) is 23.7 Å². The Morgan fingerprint density at radius 2 is 1.72 bits per heavy atom. The van der Waals surface area contributed by atoms with Gasteiger partial charge in [-0.2, -0.15) is 9.50 Å². The molecule has 0 spiro atoms. The second-order valence-electron chi connectivity index (χ2n) is 7.29. The third-order valence-electron chi connectivity index (χ3n) is 4.84. The Balaban J connectivity index is 1.79. The molecule has 2 aromatic carbocycles. The molecule has 2 aromatic heterocycles. The standard InChI is InChI=1S/C22H23N5O4S/c1-4-31-18-9-7-17(8-10-18)26(32(29,30)19-11-5-15(2)6-12-19)14-20-24-22-23-16(3)13-21(28)27(22)25-20/h5-13H,4,14H2,1-3H3,(H,23,24,25). The van der Waals surface area contributed by atoms with E-state index in [2.05, 4.69) is 15.1 Å². The molecule has 0 atom stereocenters. The van der Waals surface area contributed by atoms with Crippen LogP contribution in [-0.2, 0) is 16.6 Å². The molecule has 4 rings (SSSR count). The minimum atomic E-state index is -3.93. The molecule has 32 heavy (non-hydrogen) atoms. The lowest BCUT2D eigenvalue weighted by Crippen LogP contribution is -2.31. The average Bonchev–Trinajstić information content (AvgIpc) is 3.16. The SMILES string of the molecule is CCOc1ccc(N(Cc2nc3nc(C)cc(=O)n3[nH]2)S(=O)(=O)c2ccc(C)cc2)cc1. The molecule has 0 aliphatic rings. The van der Waals surface area contributed by atoms with Gasteiger partial charge >= 0.3 is 0 Å². The highest BCUT2D eigenvalue weighted by atomic mass is 32.2. The van der Waals surface area contributed by atoms with E-state index in [0.29, 0.717) is 23.7 Å². The number of benzene rings is 2. The normalized spacial score (nSPS) is 11.6. The van der Waals surface area contributed by atoms with Crippen molar-refractivity contribution < 1.29 is 13.2 Å². The molecule has 0 radical (unpaired) electrons. The first-order valence-corrected chi connectivity index (χ1v) is 11.5. The number of H-pyrrole nitrogens is 1. The Bertz CT molecular complexity index is 1410. The number of sulfonamides is 1. The molecule has 4 aromatic rings. The summed E-state index contributed by atoms with van der Waals surface area (Å²) >= 11 is 0. The molecular formula is C22H23N5O4S. The fourth-order valence-electron chi connectivity index (χ4n) is 3.27. The summed E-state index contributed by atoms with van der Waals surface area (Å²) in [5.74, 6) is 1.10. The van der Waals surface area contributed by atoms with Gasteiger partial charge in [-0.3, -0.25) is 14.2 Å². The van der Waals surface area contributed by atoms with E-state index in [4.69, 9.17) is 4.74 Å². The maximum Gasteiger partial charge on any atom is 0.274 e. The van der Waals surface area contributed by atoms with E-state index in [0.717, 1.165) is 5.56 Å². The quantitative estimate of drug-likeness (QED) is 0.461. The number of hydrogen-bond donors (Lipinski definition) is 1. The largest absolute Gasteiger partial charge is 0.494 e. The summed E-state index contributed by atoms with van der Waals surface area (Å²) in [6.07, 6.45) is 0. The summed E-state index contributed by atoms with van der Waals surface area (Å²) in [7, 11) is -3.93. The number of fused-ring (bicyclic) bond motifs is 1. The van der Waals surface area contributed by atoms with E-state index in [9.17, 15) is 13.2 Å². The van der Waals surface area contributed by atoms with Crippen molar-refractivity contribution >= 4 is 21.5 Å². The monoisotopic (exact) mass is 453 g/mol. The van der Waals surface area contributed by atoms with Crippen LogP contribution in [0.4, 0.5) is 5.69 Å². The fraction of sp³-hybridized carbons (Fsp3) is 0.227. The third kappa shape index (κ3) is 4.22. The minimum absolute atomic E-state index is 0.119. The number of aryl methyl sites for hydroxylation is 2. The molecule has 2 heterocycles. The molecule has 0 unspecified atom stereocenters. The van der Waals surface area contributed by atoms with Crippen molar-refractivity contribution in [2.75, 3.05) is 10.9 Å². The van der Waals surface area contributed by atoms with Gasteiger partial charge in [-0.25, -0.2) is 13.4 Å². The van der Waals surface area contributed by atoms with Crippen molar-refractivity contribution in [2.24, 2.45) is 0 Å². The second kappa shape index (κ2) is 8.46. The molecular weight excluding hydrogens is 430 g/mol. The van der Waals surface area contributed by atoms with Gasteiger partial charge in [-0.1, -0.05) is 17.7 Å². The number of anilines is 1.